The van der Waals surface area contributed by atoms with E-state index < -0.39 is 15.0 Å². The number of thioether (sulfide) groups is 1. The Morgan fingerprint density at radius 2 is 1.75 bits per heavy atom. The Morgan fingerprint density at radius 1 is 1.17 bits per heavy atom. The first-order chi connectivity index (χ1) is 11.3. The average molecular weight is 367 g/mol. The maximum atomic E-state index is 12.2. The number of hydrogen-bond acceptors (Lipinski definition) is 7. The molecular weight excluding hydrogens is 354 g/mol. The minimum Gasteiger partial charge on any atom is -0.379 e. The molecule has 2 rings (SSSR count). The lowest BCUT2D eigenvalue weighted by molar-refractivity contribution is -0.384. The van der Waals surface area contributed by atoms with Crippen LogP contribution >= 0.6 is 11.8 Å². The second-order valence-corrected chi connectivity index (χ2v) is 7.15. The minimum absolute atomic E-state index is 0.0168. The van der Waals surface area contributed by atoms with Crippen LogP contribution in [0.15, 0.2) is 53.4 Å². The number of non-ortho nitro benzene ring substituents is 1. The molecule has 3 N–H and O–H groups in total. The topological polar surface area (TPSA) is 136 Å². The molecule has 0 aliphatic heterocycles. The number of nitro benzene ring substituents is 1. The van der Waals surface area contributed by atoms with Gasteiger partial charge in [0.25, 0.3) is 5.69 Å². The van der Waals surface area contributed by atoms with Gasteiger partial charge in [-0.15, -0.1) is 0 Å². The molecule has 0 heterocycles. The van der Waals surface area contributed by atoms with Gasteiger partial charge in [-0.25, -0.2) is 0 Å². The van der Waals surface area contributed by atoms with Crippen LogP contribution in [-0.2, 0) is 15.9 Å². The summed E-state index contributed by atoms with van der Waals surface area (Å²) in [4.78, 5) is 9.94. The number of hydrogen-bond donors (Lipinski definition) is 2. The third-order valence-corrected chi connectivity index (χ3v) is 4.91. The molecule has 0 saturated carbocycles. The van der Waals surface area contributed by atoms with Crippen LogP contribution in [0.4, 0.5) is 5.69 Å². The molecule has 0 bridgehead atoms. The van der Waals surface area contributed by atoms with E-state index in [-0.39, 0.29) is 21.5 Å². The molecule has 0 radical (unpaired) electrons. The van der Waals surface area contributed by atoms with Gasteiger partial charge in [0.1, 0.15) is 10.6 Å². The lowest BCUT2D eigenvalue weighted by Gasteiger charge is -2.07. The van der Waals surface area contributed by atoms with E-state index in [1.807, 2.05) is 0 Å². The molecule has 0 saturated heterocycles. The van der Waals surface area contributed by atoms with Gasteiger partial charge in [-0.3, -0.25) is 15.5 Å². The van der Waals surface area contributed by atoms with Gasteiger partial charge in [0, 0.05) is 17.9 Å². The Morgan fingerprint density at radius 3 is 2.25 bits per heavy atom. The van der Waals surface area contributed by atoms with Crippen molar-refractivity contribution in [2.24, 2.45) is 5.73 Å². The van der Waals surface area contributed by atoms with Crippen LogP contribution in [0.3, 0.4) is 0 Å². The molecule has 10 heteroatoms. The fourth-order valence-electron chi connectivity index (χ4n) is 1.71. The van der Waals surface area contributed by atoms with E-state index in [9.17, 15) is 18.5 Å². The minimum atomic E-state index is -4.04. The van der Waals surface area contributed by atoms with Crippen molar-refractivity contribution in [3.8, 4) is 5.75 Å². The summed E-state index contributed by atoms with van der Waals surface area (Å²) in [5, 5.41) is 17.7. The predicted molar refractivity (Wildman–Crippen MR) is 90.6 cm³/mol. The Labute approximate surface area is 142 Å². The Balaban J connectivity index is 2.12. The smallest absolute Gasteiger partial charge is 0.339 e. The van der Waals surface area contributed by atoms with Crippen LogP contribution in [0, 0.1) is 15.5 Å². The lowest BCUT2D eigenvalue weighted by Crippen LogP contribution is -2.10. The fraction of sp³-hybridized carbons (Fsp3) is 0.0714. The number of rotatable bonds is 6. The maximum Gasteiger partial charge on any atom is 0.339 e. The van der Waals surface area contributed by atoms with Crippen LogP contribution in [-0.4, -0.2) is 18.5 Å². The van der Waals surface area contributed by atoms with Crippen LogP contribution in [0.25, 0.3) is 0 Å². The van der Waals surface area contributed by atoms with Crippen molar-refractivity contribution in [1.29, 1.82) is 5.41 Å². The van der Waals surface area contributed by atoms with E-state index in [4.69, 9.17) is 15.3 Å². The zero-order chi connectivity index (χ0) is 17.7. The van der Waals surface area contributed by atoms with Gasteiger partial charge in [0.15, 0.2) is 5.17 Å². The largest absolute Gasteiger partial charge is 0.379 e. The molecule has 0 unspecified atom stereocenters. The van der Waals surface area contributed by atoms with Crippen molar-refractivity contribution in [3.05, 3.63) is 64.2 Å². The quantitative estimate of drug-likeness (QED) is 0.263. The van der Waals surface area contributed by atoms with E-state index in [1.54, 1.807) is 12.1 Å². The number of nitrogens with two attached hydrogens (primary N) is 1. The predicted octanol–water partition coefficient (Wildman–Crippen LogP) is 2.49. The Kier molecular flexibility index (Phi) is 5.42. The molecule has 2 aromatic carbocycles. The number of nitrogens with one attached hydrogen (secondary N) is 1. The molecule has 0 aliphatic rings. The second kappa shape index (κ2) is 7.32. The Hall–Kier alpha value is -2.59. The molecule has 126 valence electrons. The van der Waals surface area contributed by atoms with Crippen molar-refractivity contribution in [3.63, 3.8) is 0 Å². The molecule has 8 nitrogen and oxygen atoms in total. The van der Waals surface area contributed by atoms with Gasteiger partial charge in [-0.1, -0.05) is 23.9 Å². The summed E-state index contributed by atoms with van der Waals surface area (Å²) in [6.07, 6.45) is 0. The molecule has 0 aromatic heterocycles. The first kappa shape index (κ1) is 17.8. The highest BCUT2D eigenvalue weighted by atomic mass is 32.2. The summed E-state index contributed by atoms with van der Waals surface area (Å²) >= 11 is 1.13. The van der Waals surface area contributed by atoms with Crippen molar-refractivity contribution >= 4 is 32.7 Å². The SMILES string of the molecule is N=C(N)SCc1ccc(S(=O)(=O)Oc2ccc([N+](=O)[O-])cc2)cc1. The fourth-order valence-corrected chi connectivity index (χ4v) is 3.16. The van der Waals surface area contributed by atoms with Gasteiger partial charge < -0.3 is 9.92 Å². The van der Waals surface area contributed by atoms with Gasteiger partial charge in [0.2, 0.25) is 0 Å². The summed E-state index contributed by atoms with van der Waals surface area (Å²) < 4.78 is 29.3. The number of nitro groups is 1. The standard InChI is InChI=1S/C14H13N3O5S2/c15-14(16)23-9-10-1-7-13(8-2-10)24(20,21)22-12-5-3-11(4-6-12)17(18)19/h1-8H,9H2,(H3,15,16). The van der Waals surface area contributed by atoms with Gasteiger partial charge in [-0.2, -0.15) is 8.42 Å². The van der Waals surface area contributed by atoms with Crippen molar-refractivity contribution < 1.29 is 17.5 Å². The molecule has 0 amide bonds. The van der Waals surface area contributed by atoms with Crippen LogP contribution < -0.4 is 9.92 Å². The summed E-state index contributed by atoms with van der Waals surface area (Å²) in [5.74, 6) is 0.440. The highest BCUT2D eigenvalue weighted by Crippen LogP contribution is 2.22. The highest BCUT2D eigenvalue weighted by molar-refractivity contribution is 8.13. The monoisotopic (exact) mass is 367 g/mol. The van der Waals surface area contributed by atoms with E-state index in [2.05, 4.69) is 0 Å². The zero-order valence-corrected chi connectivity index (χ0v) is 13.8. The number of amidine groups is 1. The Bertz CT molecular complexity index is 849. The molecule has 0 atom stereocenters. The normalized spacial score (nSPS) is 11.0. The molecule has 0 spiro atoms. The summed E-state index contributed by atoms with van der Waals surface area (Å²) in [6, 6.07) is 10.7. The summed E-state index contributed by atoms with van der Waals surface area (Å²) in [5.41, 5.74) is 5.89. The first-order valence-corrected chi connectivity index (χ1v) is 8.92. The van der Waals surface area contributed by atoms with Crippen LogP contribution in [0.2, 0.25) is 0 Å². The highest BCUT2D eigenvalue weighted by Gasteiger charge is 2.17. The third kappa shape index (κ3) is 4.70. The third-order valence-electron chi connectivity index (χ3n) is 2.86. The van der Waals surface area contributed by atoms with E-state index in [1.165, 1.54) is 24.3 Å². The average Bonchev–Trinajstić information content (AvgIpc) is 2.53. The van der Waals surface area contributed by atoms with Crippen molar-refractivity contribution in [2.45, 2.75) is 10.6 Å². The first-order valence-electron chi connectivity index (χ1n) is 6.52. The van der Waals surface area contributed by atoms with Gasteiger partial charge in [0.05, 0.1) is 4.92 Å². The van der Waals surface area contributed by atoms with Gasteiger partial charge >= 0.3 is 10.1 Å². The van der Waals surface area contributed by atoms with Crippen LogP contribution in [0.5, 0.6) is 5.75 Å². The van der Waals surface area contributed by atoms with Crippen LogP contribution in [0.1, 0.15) is 5.56 Å². The lowest BCUT2D eigenvalue weighted by atomic mass is 10.2. The molecular formula is C14H13N3O5S2. The van der Waals surface area contributed by atoms with E-state index in [0.29, 0.717) is 5.75 Å². The second-order valence-electron chi connectivity index (χ2n) is 4.59. The van der Waals surface area contributed by atoms with Crippen molar-refractivity contribution in [2.75, 3.05) is 0 Å². The molecule has 0 aliphatic carbocycles. The van der Waals surface area contributed by atoms with Crippen molar-refractivity contribution in [1.82, 2.24) is 0 Å². The zero-order valence-electron chi connectivity index (χ0n) is 12.2. The van der Waals surface area contributed by atoms with E-state index in [0.717, 1.165) is 29.5 Å². The number of benzene rings is 2. The molecule has 24 heavy (non-hydrogen) atoms. The summed E-state index contributed by atoms with van der Waals surface area (Å²) in [6.45, 7) is 0. The van der Waals surface area contributed by atoms with Gasteiger partial charge in [-0.05, 0) is 29.8 Å². The maximum absolute atomic E-state index is 12.2. The number of nitrogens with zero attached hydrogens (tertiary/aromatic N) is 1. The molecule has 2 aromatic rings. The van der Waals surface area contributed by atoms with E-state index >= 15 is 0 Å². The summed E-state index contributed by atoms with van der Waals surface area (Å²) in [7, 11) is -4.04. The molecule has 0 fully saturated rings.